The van der Waals surface area contributed by atoms with Gasteiger partial charge in [-0.25, -0.2) is 0 Å². The molecule has 1 unspecified atom stereocenters. The maximum atomic E-state index is 12.8. The van der Waals surface area contributed by atoms with Gasteiger partial charge in [0, 0.05) is 30.5 Å². The molecule has 4 nitrogen and oxygen atoms in total. The van der Waals surface area contributed by atoms with E-state index in [1.54, 1.807) is 0 Å². The minimum absolute atomic E-state index is 0.0727. The Bertz CT molecular complexity index is 614. The van der Waals surface area contributed by atoms with E-state index in [9.17, 15) is 9.59 Å². The summed E-state index contributed by atoms with van der Waals surface area (Å²) in [6, 6.07) is 9.55. The summed E-state index contributed by atoms with van der Waals surface area (Å²) in [4.78, 5) is 27.4. The van der Waals surface area contributed by atoms with E-state index in [0.29, 0.717) is 11.3 Å². The van der Waals surface area contributed by atoms with Crippen LogP contribution in [0.4, 0.5) is 0 Å². The van der Waals surface area contributed by atoms with E-state index in [0.717, 1.165) is 63.8 Å². The van der Waals surface area contributed by atoms with E-state index in [4.69, 9.17) is 0 Å². The molecule has 0 bridgehead atoms. The van der Waals surface area contributed by atoms with Crippen LogP contribution in [0, 0.1) is 17.3 Å². The number of likely N-dealkylation sites (tertiary alicyclic amines) is 1. The second-order valence-corrected chi connectivity index (χ2v) is 7.70. The molecule has 1 atom stereocenters. The second kappa shape index (κ2) is 6.32. The zero-order chi connectivity index (χ0) is 16.6. The average Bonchev–Trinajstić information content (AvgIpc) is 3.34. The van der Waals surface area contributed by atoms with Gasteiger partial charge in [0.15, 0.2) is 5.78 Å². The largest absolute Gasteiger partial charge is 0.342 e. The fourth-order valence-corrected chi connectivity index (χ4v) is 4.59. The molecule has 3 aliphatic rings. The summed E-state index contributed by atoms with van der Waals surface area (Å²) in [7, 11) is 0. The van der Waals surface area contributed by atoms with E-state index in [-0.39, 0.29) is 17.6 Å². The summed E-state index contributed by atoms with van der Waals surface area (Å²) in [5.41, 5.74) is 1.11. The van der Waals surface area contributed by atoms with Gasteiger partial charge in [-0.05, 0) is 50.6 Å². The maximum Gasteiger partial charge on any atom is 0.226 e. The lowest BCUT2D eigenvalue weighted by atomic mass is 9.88. The highest BCUT2D eigenvalue weighted by Gasteiger charge is 2.58. The normalized spacial score (nSPS) is 26.3. The predicted molar refractivity (Wildman–Crippen MR) is 92.7 cm³/mol. The summed E-state index contributed by atoms with van der Waals surface area (Å²) in [6.07, 6.45) is 4.98. The Labute approximate surface area is 143 Å². The molecule has 128 valence electrons. The van der Waals surface area contributed by atoms with E-state index < -0.39 is 0 Å². The monoisotopic (exact) mass is 326 g/mol. The van der Waals surface area contributed by atoms with Crippen LogP contribution < -0.4 is 5.32 Å². The first-order chi connectivity index (χ1) is 11.7. The van der Waals surface area contributed by atoms with Crippen molar-refractivity contribution in [3.63, 3.8) is 0 Å². The van der Waals surface area contributed by atoms with Crippen molar-refractivity contribution < 1.29 is 9.59 Å². The third-order valence-electron chi connectivity index (χ3n) is 6.32. The molecule has 3 fully saturated rings. The van der Waals surface area contributed by atoms with Gasteiger partial charge >= 0.3 is 0 Å². The number of nitrogens with one attached hydrogen (secondary N) is 1. The van der Waals surface area contributed by atoms with Crippen LogP contribution in [0.15, 0.2) is 30.3 Å². The van der Waals surface area contributed by atoms with Gasteiger partial charge in [-0.2, -0.15) is 0 Å². The second-order valence-electron chi connectivity index (χ2n) is 7.70. The van der Waals surface area contributed by atoms with E-state index >= 15 is 0 Å². The van der Waals surface area contributed by atoms with Gasteiger partial charge in [0.2, 0.25) is 5.91 Å². The number of hydrogen-bond donors (Lipinski definition) is 1. The third-order valence-corrected chi connectivity index (χ3v) is 6.32. The molecule has 24 heavy (non-hydrogen) atoms. The average molecular weight is 326 g/mol. The van der Waals surface area contributed by atoms with Gasteiger partial charge in [-0.3, -0.25) is 9.59 Å². The number of nitrogens with zero attached hydrogens (tertiary/aromatic N) is 1. The number of carbonyl (C=O) groups excluding carboxylic acids is 2. The SMILES string of the molecule is O=C(c1ccccc1)C1CCN(C(=O)C2CC23CCNCC3)CC1. The molecule has 1 N–H and O–H groups in total. The summed E-state index contributed by atoms with van der Waals surface area (Å²) in [5.74, 6) is 0.913. The van der Waals surface area contributed by atoms with Crippen LogP contribution in [-0.4, -0.2) is 42.8 Å². The quantitative estimate of drug-likeness (QED) is 0.868. The third kappa shape index (κ3) is 2.88. The van der Waals surface area contributed by atoms with Crippen LogP contribution in [0.5, 0.6) is 0 Å². The standard InChI is InChI=1S/C20H26N2O2/c23-18(15-4-2-1-3-5-15)16-6-12-22(13-7-16)19(24)17-14-20(17)8-10-21-11-9-20/h1-5,16-17,21H,6-14H2. The van der Waals surface area contributed by atoms with Crippen molar-refractivity contribution in [1.29, 1.82) is 0 Å². The molecule has 2 saturated heterocycles. The number of benzene rings is 1. The summed E-state index contributed by atoms with van der Waals surface area (Å²) in [6.45, 7) is 3.59. The highest BCUT2D eigenvalue weighted by molar-refractivity contribution is 5.98. The predicted octanol–water partition coefficient (Wildman–Crippen LogP) is 2.50. The van der Waals surface area contributed by atoms with Crippen molar-refractivity contribution in [2.75, 3.05) is 26.2 Å². The van der Waals surface area contributed by atoms with Crippen LogP contribution in [0.1, 0.15) is 42.5 Å². The zero-order valence-electron chi connectivity index (χ0n) is 14.2. The van der Waals surface area contributed by atoms with E-state index in [1.807, 2.05) is 35.2 Å². The van der Waals surface area contributed by atoms with Crippen molar-refractivity contribution in [3.8, 4) is 0 Å². The molecule has 0 radical (unpaired) electrons. The Hall–Kier alpha value is -1.68. The van der Waals surface area contributed by atoms with Crippen molar-refractivity contribution in [2.24, 2.45) is 17.3 Å². The molecular formula is C20H26N2O2. The molecule has 1 aromatic carbocycles. The van der Waals surface area contributed by atoms with Gasteiger partial charge in [0.05, 0.1) is 0 Å². The molecular weight excluding hydrogens is 300 g/mol. The number of Topliss-reactive ketones (excluding diaryl/α,β-unsaturated/α-hetero) is 1. The van der Waals surface area contributed by atoms with Crippen LogP contribution in [0.3, 0.4) is 0 Å². The minimum atomic E-state index is 0.0727. The van der Waals surface area contributed by atoms with E-state index in [2.05, 4.69) is 5.32 Å². The lowest BCUT2D eigenvalue weighted by Crippen LogP contribution is -2.42. The highest BCUT2D eigenvalue weighted by atomic mass is 16.2. The van der Waals surface area contributed by atoms with Crippen LogP contribution >= 0.6 is 0 Å². The number of piperidine rings is 2. The molecule has 1 spiro atoms. The molecule has 0 aromatic heterocycles. The Morgan fingerprint density at radius 3 is 2.38 bits per heavy atom. The highest BCUT2D eigenvalue weighted by Crippen LogP contribution is 2.59. The molecule has 4 rings (SSSR count). The minimum Gasteiger partial charge on any atom is -0.342 e. The summed E-state index contributed by atoms with van der Waals surface area (Å²) in [5, 5.41) is 3.39. The summed E-state index contributed by atoms with van der Waals surface area (Å²) >= 11 is 0. The van der Waals surface area contributed by atoms with Crippen LogP contribution in [0.25, 0.3) is 0 Å². The van der Waals surface area contributed by atoms with Crippen molar-refractivity contribution in [3.05, 3.63) is 35.9 Å². The Morgan fingerprint density at radius 2 is 1.71 bits per heavy atom. The Morgan fingerprint density at radius 1 is 1.04 bits per heavy atom. The molecule has 1 aromatic rings. The zero-order valence-corrected chi connectivity index (χ0v) is 14.2. The smallest absolute Gasteiger partial charge is 0.226 e. The molecule has 1 amide bonds. The fourth-order valence-electron chi connectivity index (χ4n) is 4.59. The van der Waals surface area contributed by atoms with Gasteiger partial charge in [-0.1, -0.05) is 30.3 Å². The van der Waals surface area contributed by atoms with Gasteiger partial charge in [-0.15, -0.1) is 0 Å². The Balaban J connectivity index is 1.32. The van der Waals surface area contributed by atoms with Gasteiger partial charge < -0.3 is 10.2 Å². The first-order valence-electron chi connectivity index (χ1n) is 9.28. The van der Waals surface area contributed by atoms with Gasteiger partial charge in [0.25, 0.3) is 0 Å². The lowest BCUT2D eigenvalue weighted by Gasteiger charge is -2.32. The molecule has 2 aliphatic heterocycles. The number of hydrogen-bond acceptors (Lipinski definition) is 3. The van der Waals surface area contributed by atoms with Crippen molar-refractivity contribution >= 4 is 11.7 Å². The topological polar surface area (TPSA) is 49.4 Å². The molecule has 1 aliphatic carbocycles. The van der Waals surface area contributed by atoms with Crippen LogP contribution in [0.2, 0.25) is 0 Å². The summed E-state index contributed by atoms with van der Waals surface area (Å²) < 4.78 is 0. The first-order valence-corrected chi connectivity index (χ1v) is 9.28. The number of rotatable bonds is 3. The van der Waals surface area contributed by atoms with Crippen molar-refractivity contribution in [1.82, 2.24) is 10.2 Å². The number of amides is 1. The Kier molecular flexibility index (Phi) is 4.17. The van der Waals surface area contributed by atoms with Gasteiger partial charge in [0.1, 0.15) is 0 Å². The van der Waals surface area contributed by atoms with Crippen LogP contribution in [-0.2, 0) is 4.79 Å². The molecule has 4 heteroatoms. The maximum absolute atomic E-state index is 12.8. The molecule has 1 saturated carbocycles. The number of ketones is 1. The fraction of sp³-hybridized carbons (Fsp3) is 0.600. The van der Waals surface area contributed by atoms with E-state index in [1.165, 1.54) is 0 Å². The van der Waals surface area contributed by atoms with Crippen molar-refractivity contribution in [2.45, 2.75) is 32.1 Å². The first kappa shape index (κ1) is 15.8. The molecule has 2 heterocycles. The number of carbonyl (C=O) groups is 2. The lowest BCUT2D eigenvalue weighted by molar-refractivity contribution is -0.134.